The Morgan fingerprint density at radius 2 is 1.63 bits per heavy atom. The van der Waals surface area contributed by atoms with Crippen molar-refractivity contribution in [1.82, 2.24) is 19.9 Å². The Kier molecular flexibility index (Phi) is 7.07. The standard InChI is InChI=1S/C38H39N5O3/c1-8-23-18(3)27-16-30-24(9-2)19(4)35(41-30)34(22-10-12-43(7)13-11-22)36-20(5)25(15-32(45)46)37(42-36)26-14-31(44)33-21(6)28(40-38(26)33)17-29(23)39-27/h10-13,16-17,20,25H,8-9,14-15H2,1-7H3,(H2,39,40,41,44,45,46)/p+1/t20-,25?/m0/s1. The van der Waals surface area contributed by atoms with Crippen LogP contribution < -0.4 is 4.57 Å². The molecule has 46 heavy (non-hydrogen) atoms. The zero-order chi connectivity index (χ0) is 32.6. The Labute approximate surface area is 268 Å². The zero-order valence-corrected chi connectivity index (χ0v) is 27.6. The Balaban J connectivity index is 1.73. The van der Waals surface area contributed by atoms with E-state index in [1.165, 1.54) is 11.1 Å². The van der Waals surface area contributed by atoms with Gasteiger partial charge in [0.25, 0.3) is 0 Å². The van der Waals surface area contributed by atoms with Crippen molar-refractivity contribution in [2.24, 2.45) is 7.05 Å². The maximum atomic E-state index is 13.6. The van der Waals surface area contributed by atoms with E-state index in [0.717, 1.165) is 85.4 Å². The third-order valence-corrected chi connectivity index (χ3v) is 10.4. The summed E-state index contributed by atoms with van der Waals surface area (Å²) in [4.78, 5) is 43.8. The molecule has 0 saturated heterocycles. The van der Waals surface area contributed by atoms with E-state index in [4.69, 9.17) is 9.97 Å². The van der Waals surface area contributed by atoms with Crippen molar-refractivity contribution in [2.45, 2.75) is 79.1 Å². The molecule has 1 unspecified atom stereocenters. The first-order chi connectivity index (χ1) is 22.0. The number of carbonyl (C=O) groups excluding carboxylic acids is 1. The van der Waals surface area contributed by atoms with Crippen LogP contribution in [0.4, 0.5) is 0 Å². The van der Waals surface area contributed by atoms with Crippen LogP contribution in [0.2, 0.25) is 0 Å². The van der Waals surface area contributed by atoms with Gasteiger partial charge < -0.3 is 15.1 Å². The van der Waals surface area contributed by atoms with Gasteiger partial charge in [0.1, 0.15) is 7.05 Å². The minimum absolute atomic E-state index is 0.0333. The first-order valence-corrected chi connectivity index (χ1v) is 16.2. The number of nitrogens with one attached hydrogen (secondary N) is 2. The molecule has 2 aliphatic heterocycles. The SMILES string of the molecule is CCC1=C(C)c2cc3[nH]c(c(C)c3CC)c(-c3cc[n+](C)cc3)c3nc(c4c5[nH]c(cc1n2)c(C)c5C(=O)C4)C(CC(=O)O)[C@@H]3C. The molecule has 0 amide bonds. The second kappa shape index (κ2) is 10.9. The maximum absolute atomic E-state index is 13.6. The third-order valence-electron chi connectivity index (χ3n) is 10.4. The van der Waals surface area contributed by atoms with Gasteiger partial charge in [-0.3, -0.25) is 14.6 Å². The lowest BCUT2D eigenvalue weighted by Gasteiger charge is -2.16. The Hall–Kier alpha value is -4.85. The number of carboxylic acids is 1. The molecule has 4 aromatic rings. The van der Waals surface area contributed by atoms with E-state index < -0.39 is 5.97 Å². The first kappa shape index (κ1) is 29.8. The van der Waals surface area contributed by atoms with Crippen molar-refractivity contribution in [2.75, 3.05) is 0 Å². The zero-order valence-electron chi connectivity index (χ0n) is 27.6. The highest BCUT2D eigenvalue weighted by Crippen LogP contribution is 2.47. The number of allylic oxidation sites excluding steroid dienone is 2. The van der Waals surface area contributed by atoms with Crippen LogP contribution in [0.3, 0.4) is 0 Å². The Morgan fingerprint density at radius 1 is 0.935 bits per heavy atom. The van der Waals surface area contributed by atoms with Gasteiger partial charge in [0.2, 0.25) is 0 Å². The van der Waals surface area contributed by atoms with Crippen LogP contribution in [0, 0.1) is 13.8 Å². The predicted molar refractivity (Wildman–Crippen MR) is 181 cm³/mol. The van der Waals surface area contributed by atoms with Gasteiger partial charge in [0.15, 0.2) is 18.2 Å². The van der Waals surface area contributed by atoms with Gasteiger partial charge >= 0.3 is 5.97 Å². The molecule has 0 radical (unpaired) electrons. The minimum atomic E-state index is -0.881. The van der Waals surface area contributed by atoms with Gasteiger partial charge in [0.05, 0.1) is 40.2 Å². The van der Waals surface area contributed by atoms with E-state index in [1.54, 1.807) is 0 Å². The molecule has 0 saturated carbocycles. The lowest BCUT2D eigenvalue weighted by atomic mass is 9.84. The molecule has 6 heterocycles. The van der Waals surface area contributed by atoms with Gasteiger partial charge in [-0.25, -0.2) is 9.55 Å². The van der Waals surface area contributed by atoms with Gasteiger partial charge in [-0.05, 0) is 79.1 Å². The number of Topliss-reactive ketones (excluding diaryl/α,β-unsaturated/α-hetero) is 1. The molecule has 234 valence electrons. The summed E-state index contributed by atoms with van der Waals surface area (Å²) in [7, 11) is 1.99. The van der Waals surface area contributed by atoms with Crippen LogP contribution in [0.5, 0.6) is 0 Å². The van der Waals surface area contributed by atoms with E-state index >= 15 is 0 Å². The molecule has 3 aliphatic rings. The molecular weight excluding hydrogens is 574 g/mol. The van der Waals surface area contributed by atoms with Gasteiger partial charge in [0, 0.05) is 58.1 Å². The number of rotatable bonds is 5. The summed E-state index contributed by atoms with van der Waals surface area (Å²) in [6.07, 6.45) is 5.83. The number of nitrogens with zero attached hydrogens (tertiary/aromatic N) is 3. The number of ketones is 1. The normalized spacial score (nSPS) is 17.3. The first-order valence-electron chi connectivity index (χ1n) is 16.2. The number of aromatic amines is 2. The summed E-state index contributed by atoms with van der Waals surface area (Å²) in [5, 5.41) is 10.1. The maximum Gasteiger partial charge on any atom is 0.304 e. The van der Waals surface area contributed by atoms with Crippen LogP contribution in [0.15, 0.2) is 36.7 Å². The number of hydrogen-bond acceptors (Lipinski definition) is 4. The van der Waals surface area contributed by atoms with Gasteiger partial charge in [-0.2, -0.15) is 0 Å². The molecule has 0 spiro atoms. The molecule has 4 aromatic heterocycles. The van der Waals surface area contributed by atoms with Crippen molar-refractivity contribution < 1.29 is 19.3 Å². The highest BCUT2D eigenvalue weighted by molar-refractivity contribution is 6.13. The van der Waals surface area contributed by atoms with E-state index in [1.807, 2.05) is 30.9 Å². The number of H-pyrrole nitrogens is 2. The second-order valence-corrected chi connectivity index (χ2v) is 13.0. The molecule has 0 fully saturated rings. The van der Waals surface area contributed by atoms with Gasteiger partial charge in [-0.15, -0.1) is 0 Å². The number of aliphatic carboxylic acids is 1. The number of aryl methyl sites for hydroxylation is 4. The Bertz CT molecular complexity index is 2180. The highest BCUT2D eigenvalue weighted by atomic mass is 16.4. The summed E-state index contributed by atoms with van der Waals surface area (Å²) >= 11 is 0. The molecule has 3 N–H and O–H groups in total. The fourth-order valence-electron chi connectivity index (χ4n) is 7.85. The summed E-state index contributed by atoms with van der Waals surface area (Å²) in [6.45, 7) is 12.7. The molecule has 8 heteroatoms. The molecule has 7 rings (SSSR count). The van der Waals surface area contributed by atoms with E-state index in [9.17, 15) is 14.7 Å². The van der Waals surface area contributed by atoms with Gasteiger partial charge in [-0.1, -0.05) is 20.8 Å². The van der Waals surface area contributed by atoms with Crippen LogP contribution in [0.1, 0.15) is 108 Å². The number of aromatic nitrogens is 5. The van der Waals surface area contributed by atoms with Crippen molar-refractivity contribution in [3.8, 4) is 11.1 Å². The number of carbonyl (C=O) groups is 2. The van der Waals surface area contributed by atoms with Crippen LogP contribution in [-0.2, 0) is 24.7 Å². The summed E-state index contributed by atoms with van der Waals surface area (Å²) in [5.74, 6) is -1.43. The molecule has 8 nitrogen and oxygen atoms in total. The average molecular weight is 615 g/mol. The van der Waals surface area contributed by atoms with Crippen molar-refractivity contribution in [3.05, 3.63) is 87.3 Å². The molecule has 2 atom stereocenters. The monoisotopic (exact) mass is 614 g/mol. The number of fused-ring (bicyclic) bond motifs is 8. The van der Waals surface area contributed by atoms with Crippen molar-refractivity contribution in [1.29, 1.82) is 0 Å². The Morgan fingerprint density at radius 3 is 2.30 bits per heavy atom. The highest BCUT2D eigenvalue weighted by Gasteiger charge is 2.38. The van der Waals surface area contributed by atoms with Crippen molar-refractivity contribution in [3.63, 3.8) is 0 Å². The number of hydrogen-bond donors (Lipinski definition) is 3. The van der Waals surface area contributed by atoms with Crippen LogP contribution >= 0.6 is 0 Å². The second-order valence-electron chi connectivity index (χ2n) is 13.0. The summed E-state index contributed by atoms with van der Waals surface area (Å²) < 4.78 is 2.00. The van der Waals surface area contributed by atoms with E-state index in [-0.39, 0.29) is 30.5 Å². The fourth-order valence-corrected chi connectivity index (χ4v) is 7.85. The smallest absolute Gasteiger partial charge is 0.304 e. The predicted octanol–water partition coefficient (Wildman–Crippen LogP) is 7.43. The topological polar surface area (TPSA) is 116 Å². The number of pyridine rings is 1. The molecule has 8 bridgehead atoms. The summed E-state index contributed by atoms with van der Waals surface area (Å²) in [5.41, 5.74) is 16.0. The van der Waals surface area contributed by atoms with Crippen molar-refractivity contribution >= 4 is 45.0 Å². The molecular formula is C38H40N5O3+. The molecule has 1 aliphatic carbocycles. The minimum Gasteiger partial charge on any atom is -0.481 e. The van der Waals surface area contributed by atoms with Crippen LogP contribution in [-0.4, -0.2) is 36.8 Å². The quantitative estimate of drug-likeness (QED) is 0.202. The van der Waals surface area contributed by atoms with E-state index in [0.29, 0.717) is 11.3 Å². The largest absolute Gasteiger partial charge is 0.481 e. The number of carboxylic acid groups (broad SMARTS) is 1. The average Bonchev–Trinajstić information content (AvgIpc) is 3.77. The lowest BCUT2D eigenvalue weighted by molar-refractivity contribution is -0.671. The third kappa shape index (κ3) is 4.45. The molecule has 0 aromatic carbocycles. The lowest BCUT2D eigenvalue weighted by Crippen LogP contribution is -2.25. The van der Waals surface area contributed by atoms with Crippen LogP contribution in [0.25, 0.3) is 44.3 Å². The summed E-state index contributed by atoms with van der Waals surface area (Å²) in [6, 6.07) is 8.40. The van der Waals surface area contributed by atoms with E-state index in [2.05, 4.69) is 68.9 Å². The fraction of sp³-hybridized carbons (Fsp3) is 0.342.